The van der Waals surface area contributed by atoms with Crippen molar-refractivity contribution in [2.45, 2.75) is 13.0 Å². The van der Waals surface area contributed by atoms with Crippen LogP contribution in [-0.4, -0.2) is 27.0 Å². The first-order valence-electron chi connectivity index (χ1n) is 4.75. The number of carboxylic acid groups (broad SMARTS) is 1. The number of hydrogen-bond donors (Lipinski definition) is 2. The van der Waals surface area contributed by atoms with E-state index in [2.05, 4.69) is 5.32 Å². The van der Waals surface area contributed by atoms with Crippen LogP contribution in [0.1, 0.15) is 6.92 Å². The lowest BCUT2D eigenvalue weighted by Crippen LogP contribution is -2.26. The SMILES string of the molecule is CC(Nc1c([N+](=O)[O-])cccc1[N+](=O)[O-])C(=O)O. The molecule has 1 atom stereocenters. The Morgan fingerprint density at radius 3 is 2.06 bits per heavy atom. The Morgan fingerprint density at radius 2 is 1.72 bits per heavy atom. The third kappa shape index (κ3) is 2.70. The second-order valence-electron chi connectivity index (χ2n) is 3.39. The minimum atomic E-state index is -1.28. The minimum absolute atomic E-state index is 0.414. The van der Waals surface area contributed by atoms with Gasteiger partial charge in [-0.15, -0.1) is 0 Å². The molecule has 0 radical (unpaired) electrons. The third-order valence-corrected chi connectivity index (χ3v) is 2.15. The number of aliphatic carboxylic acids is 1. The number of rotatable bonds is 5. The highest BCUT2D eigenvalue weighted by Gasteiger charge is 2.27. The van der Waals surface area contributed by atoms with Crippen LogP contribution < -0.4 is 5.32 Å². The summed E-state index contributed by atoms with van der Waals surface area (Å²) in [5, 5.41) is 32.4. The number of benzene rings is 1. The molecule has 0 aliphatic heterocycles. The Hall–Kier alpha value is -2.71. The third-order valence-electron chi connectivity index (χ3n) is 2.15. The number of nitro benzene ring substituents is 2. The van der Waals surface area contributed by atoms with Gasteiger partial charge in [0.15, 0.2) is 5.69 Å². The second-order valence-corrected chi connectivity index (χ2v) is 3.39. The van der Waals surface area contributed by atoms with Gasteiger partial charge in [0, 0.05) is 12.1 Å². The van der Waals surface area contributed by atoms with Crippen LogP contribution in [0.25, 0.3) is 0 Å². The standard InChI is InChI=1S/C9H9N3O6/c1-5(9(13)14)10-8-6(11(15)16)3-2-4-7(8)12(17)18/h2-5,10H,1H3,(H,13,14). The predicted octanol–water partition coefficient (Wildman–Crippen LogP) is 1.39. The number of para-hydroxylation sites is 1. The molecule has 1 aromatic rings. The predicted molar refractivity (Wildman–Crippen MR) is 60.5 cm³/mol. The van der Waals surface area contributed by atoms with Gasteiger partial charge in [-0.3, -0.25) is 25.0 Å². The fourth-order valence-electron chi connectivity index (χ4n) is 1.26. The largest absolute Gasteiger partial charge is 0.480 e. The van der Waals surface area contributed by atoms with Crippen molar-refractivity contribution in [2.24, 2.45) is 0 Å². The van der Waals surface area contributed by atoms with E-state index in [9.17, 15) is 25.0 Å². The monoisotopic (exact) mass is 255 g/mol. The average molecular weight is 255 g/mol. The van der Waals surface area contributed by atoms with Gasteiger partial charge in [0.2, 0.25) is 0 Å². The molecule has 1 aromatic carbocycles. The first kappa shape index (κ1) is 13.4. The topological polar surface area (TPSA) is 136 Å². The quantitative estimate of drug-likeness (QED) is 0.599. The molecule has 2 N–H and O–H groups in total. The van der Waals surface area contributed by atoms with Crippen molar-refractivity contribution in [1.82, 2.24) is 0 Å². The molecule has 0 saturated heterocycles. The van der Waals surface area contributed by atoms with E-state index >= 15 is 0 Å². The van der Waals surface area contributed by atoms with Crippen LogP contribution in [0.5, 0.6) is 0 Å². The molecular weight excluding hydrogens is 246 g/mol. The Balaban J connectivity index is 3.31. The summed E-state index contributed by atoms with van der Waals surface area (Å²) in [4.78, 5) is 30.5. The van der Waals surface area contributed by atoms with Crippen molar-refractivity contribution in [3.05, 3.63) is 38.4 Å². The van der Waals surface area contributed by atoms with Crippen LogP contribution in [0.2, 0.25) is 0 Å². The van der Waals surface area contributed by atoms with E-state index in [-0.39, 0.29) is 0 Å². The molecule has 0 heterocycles. The maximum atomic E-state index is 10.7. The van der Waals surface area contributed by atoms with Crippen LogP contribution >= 0.6 is 0 Å². The summed E-state index contributed by atoms with van der Waals surface area (Å²) in [7, 11) is 0. The van der Waals surface area contributed by atoms with Gasteiger partial charge in [0.05, 0.1) is 9.85 Å². The summed E-state index contributed by atoms with van der Waals surface area (Å²) in [5.74, 6) is -1.28. The molecule has 0 aromatic heterocycles. The average Bonchev–Trinajstić information content (AvgIpc) is 2.28. The molecule has 0 aliphatic rings. The molecule has 0 spiro atoms. The fraction of sp³-hybridized carbons (Fsp3) is 0.222. The van der Waals surface area contributed by atoms with Gasteiger partial charge < -0.3 is 10.4 Å². The zero-order valence-electron chi connectivity index (χ0n) is 9.19. The lowest BCUT2D eigenvalue weighted by Gasteiger charge is -2.10. The molecule has 9 nitrogen and oxygen atoms in total. The Morgan fingerprint density at radius 1 is 1.28 bits per heavy atom. The van der Waals surface area contributed by atoms with Crippen molar-refractivity contribution in [1.29, 1.82) is 0 Å². The molecule has 0 saturated carbocycles. The van der Waals surface area contributed by atoms with Gasteiger partial charge in [-0.1, -0.05) is 0 Å². The maximum Gasteiger partial charge on any atom is 0.325 e. The van der Waals surface area contributed by atoms with Crippen molar-refractivity contribution in [2.75, 3.05) is 5.32 Å². The number of nitrogens with one attached hydrogen (secondary N) is 1. The lowest BCUT2D eigenvalue weighted by atomic mass is 10.2. The summed E-state index contributed by atoms with van der Waals surface area (Å²) in [5.41, 5.74) is -1.50. The highest BCUT2D eigenvalue weighted by molar-refractivity contribution is 5.82. The Kier molecular flexibility index (Phi) is 3.77. The van der Waals surface area contributed by atoms with E-state index < -0.39 is 38.9 Å². The van der Waals surface area contributed by atoms with Crippen LogP contribution in [-0.2, 0) is 4.79 Å². The van der Waals surface area contributed by atoms with E-state index in [0.29, 0.717) is 0 Å². The summed E-state index contributed by atoms with van der Waals surface area (Å²) in [6.07, 6.45) is 0. The summed E-state index contributed by atoms with van der Waals surface area (Å²) >= 11 is 0. The van der Waals surface area contributed by atoms with Crippen molar-refractivity contribution in [3.8, 4) is 0 Å². The van der Waals surface area contributed by atoms with Gasteiger partial charge in [-0.05, 0) is 13.0 Å². The lowest BCUT2D eigenvalue weighted by molar-refractivity contribution is -0.392. The van der Waals surface area contributed by atoms with Crippen LogP contribution in [0.4, 0.5) is 17.1 Å². The van der Waals surface area contributed by atoms with Gasteiger partial charge in [-0.2, -0.15) is 0 Å². The van der Waals surface area contributed by atoms with Crippen LogP contribution in [0.3, 0.4) is 0 Å². The van der Waals surface area contributed by atoms with E-state index in [1.165, 1.54) is 6.92 Å². The molecule has 96 valence electrons. The molecule has 18 heavy (non-hydrogen) atoms. The van der Waals surface area contributed by atoms with Crippen LogP contribution in [0.15, 0.2) is 18.2 Å². The molecule has 0 amide bonds. The molecule has 1 unspecified atom stereocenters. The maximum absolute atomic E-state index is 10.7. The van der Waals surface area contributed by atoms with Crippen molar-refractivity contribution >= 4 is 23.0 Å². The molecule has 9 heteroatoms. The zero-order valence-corrected chi connectivity index (χ0v) is 9.19. The van der Waals surface area contributed by atoms with Gasteiger partial charge in [0.25, 0.3) is 11.4 Å². The normalized spacial score (nSPS) is 11.6. The summed E-state index contributed by atoms with van der Waals surface area (Å²) in [6.45, 7) is 1.22. The molecule has 0 bridgehead atoms. The highest BCUT2D eigenvalue weighted by Crippen LogP contribution is 2.34. The summed E-state index contributed by atoms with van der Waals surface area (Å²) in [6, 6.07) is 2.09. The second kappa shape index (κ2) is 5.08. The number of anilines is 1. The van der Waals surface area contributed by atoms with Crippen molar-refractivity contribution < 1.29 is 19.7 Å². The van der Waals surface area contributed by atoms with Gasteiger partial charge in [-0.25, -0.2) is 0 Å². The smallest absolute Gasteiger partial charge is 0.325 e. The number of hydrogen-bond acceptors (Lipinski definition) is 6. The number of carbonyl (C=O) groups is 1. The van der Waals surface area contributed by atoms with E-state index in [1.807, 2.05) is 0 Å². The number of carboxylic acids is 1. The highest BCUT2D eigenvalue weighted by atomic mass is 16.6. The first-order chi connectivity index (χ1) is 8.34. The zero-order chi connectivity index (χ0) is 13.9. The van der Waals surface area contributed by atoms with Crippen LogP contribution in [0, 0.1) is 20.2 Å². The van der Waals surface area contributed by atoms with Crippen molar-refractivity contribution in [3.63, 3.8) is 0 Å². The minimum Gasteiger partial charge on any atom is -0.480 e. The van der Waals surface area contributed by atoms with E-state index in [1.54, 1.807) is 0 Å². The molecule has 0 aliphatic carbocycles. The molecule has 0 fully saturated rings. The van der Waals surface area contributed by atoms with Gasteiger partial charge >= 0.3 is 5.97 Å². The van der Waals surface area contributed by atoms with E-state index in [4.69, 9.17) is 5.11 Å². The molecular formula is C9H9N3O6. The van der Waals surface area contributed by atoms with E-state index in [0.717, 1.165) is 18.2 Å². The Labute approximate surface area is 100 Å². The number of nitrogens with zero attached hydrogens (tertiary/aromatic N) is 2. The van der Waals surface area contributed by atoms with Gasteiger partial charge in [0.1, 0.15) is 6.04 Å². The first-order valence-corrected chi connectivity index (χ1v) is 4.75. The summed E-state index contributed by atoms with van der Waals surface area (Å²) < 4.78 is 0. The molecule has 1 rings (SSSR count). The number of nitro groups is 2. The Bertz CT molecular complexity index is 483. The fourth-order valence-corrected chi connectivity index (χ4v) is 1.26.